The Hall–Kier alpha value is -2.06. The Kier molecular flexibility index (Phi) is 3.69. The molecule has 1 fully saturated rings. The Morgan fingerprint density at radius 2 is 1.90 bits per heavy atom. The van der Waals surface area contributed by atoms with Crippen LogP contribution in [0.1, 0.15) is 29.4 Å². The second-order valence-electron chi connectivity index (χ2n) is 4.49. The minimum atomic E-state index is -4.87. The van der Waals surface area contributed by atoms with Crippen LogP contribution in [0.5, 0.6) is 0 Å². The van der Waals surface area contributed by atoms with Gasteiger partial charge in [-0.15, -0.1) is 0 Å². The fraction of sp³-hybridized carbons (Fsp3) is 0.545. The van der Waals surface area contributed by atoms with E-state index < -0.39 is 18.1 Å². The highest BCUT2D eigenvalue weighted by atomic mass is 19.4. The number of carbonyl (C=O) groups excluding carboxylic acids is 1. The average Bonchev–Trinajstić information content (AvgIpc) is 2.86. The first kappa shape index (κ1) is 14.4. The van der Waals surface area contributed by atoms with Crippen LogP contribution in [-0.2, 0) is 4.79 Å². The molecular formula is C11H12F3N3O3. The summed E-state index contributed by atoms with van der Waals surface area (Å²) in [6.07, 6.45) is -3.06. The van der Waals surface area contributed by atoms with Crippen molar-refractivity contribution < 1.29 is 27.9 Å². The summed E-state index contributed by atoms with van der Waals surface area (Å²) in [6, 6.07) is 1.02. The first-order chi connectivity index (χ1) is 9.30. The molecule has 1 saturated heterocycles. The van der Waals surface area contributed by atoms with Gasteiger partial charge in [-0.2, -0.15) is 18.3 Å². The van der Waals surface area contributed by atoms with E-state index in [1.807, 2.05) is 0 Å². The lowest BCUT2D eigenvalue weighted by molar-refractivity contribution is -0.186. The molecule has 110 valence electrons. The molecule has 1 N–H and O–H groups in total. The SMILES string of the molecule is O=C(O)c1ccnn1C1CCN(C(=O)C(F)(F)F)CC1. The summed E-state index contributed by atoms with van der Waals surface area (Å²) in [6.45, 7) is -0.135. The van der Waals surface area contributed by atoms with Crippen LogP contribution in [0.3, 0.4) is 0 Å². The third kappa shape index (κ3) is 2.75. The van der Waals surface area contributed by atoms with E-state index in [2.05, 4.69) is 5.10 Å². The fourth-order valence-electron chi connectivity index (χ4n) is 2.27. The van der Waals surface area contributed by atoms with Gasteiger partial charge in [-0.25, -0.2) is 4.79 Å². The molecule has 1 aliphatic rings. The molecule has 2 heterocycles. The van der Waals surface area contributed by atoms with Crippen molar-refractivity contribution in [3.05, 3.63) is 18.0 Å². The molecule has 1 amide bonds. The second kappa shape index (κ2) is 5.14. The molecular weight excluding hydrogens is 279 g/mol. The zero-order chi connectivity index (χ0) is 14.9. The van der Waals surface area contributed by atoms with Gasteiger partial charge in [0.1, 0.15) is 5.69 Å². The predicted octanol–water partition coefficient (Wildman–Crippen LogP) is 1.31. The monoisotopic (exact) mass is 291 g/mol. The van der Waals surface area contributed by atoms with E-state index in [0.29, 0.717) is 0 Å². The smallest absolute Gasteiger partial charge is 0.471 e. The van der Waals surface area contributed by atoms with Gasteiger partial charge in [-0.1, -0.05) is 0 Å². The maximum atomic E-state index is 12.3. The lowest BCUT2D eigenvalue weighted by atomic mass is 10.0. The van der Waals surface area contributed by atoms with Crippen LogP contribution < -0.4 is 0 Å². The fourth-order valence-corrected chi connectivity index (χ4v) is 2.27. The highest BCUT2D eigenvalue weighted by molar-refractivity contribution is 5.85. The second-order valence-corrected chi connectivity index (χ2v) is 4.49. The number of carbonyl (C=O) groups is 2. The summed E-state index contributed by atoms with van der Waals surface area (Å²) in [7, 11) is 0. The van der Waals surface area contributed by atoms with Crippen molar-refractivity contribution >= 4 is 11.9 Å². The first-order valence-electron chi connectivity index (χ1n) is 5.93. The Morgan fingerprint density at radius 3 is 2.40 bits per heavy atom. The van der Waals surface area contributed by atoms with E-state index in [4.69, 9.17) is 5.11 Å². The molecule has 0 atom stereocenters. The molecule has 1 aromatic rings. The highest BCUT2D eigenvalue weighted by Gasteiger charge is 2.43. The lowest BCUT2D eigenvalue weighted by Gasteiger charge is -2.32. The third-order valence-electron chi connectivity index (χ3n) is 3.23. The largest absolute Gasteiger partial charge is 0.477 e. The van der Waals surface area contributed by atoms with Gasteiger partial charge < -0.3 is 10.0 Å². The van der Waals surface area contributed by atoms with Crippen LogP contribution in [0.25, 0.3) is 0 Å². The molecule has 0 radical (unpaired) electrons. The number of alkyl halides is 3. The molecule has 20 heavy (non-hydrogen) atoms. The Bertz CT molecular complexity index is 518. The molecule has 0 saturated carbocycles. The number of carboxylic acids is 1. The van der Waals surface area contributed by atoms with Gasteiger partial charge in [0, 0.05) is 19.3 Å². The Balaban J connectivity index is 2.03. The lowest BCUT2D eigenvalue weighted by Crippen LogP contribution is -2.45. The summed E-state index contributed by atoms with van der Waals surface area (Å²) in [5, 5.41) is 12.8. The summed E-state index contributed by atoms with van der Waals surface area (Å²) < 4.78 is 38.2. The molecule has 9 heteroatoms. The number of aromatic carboxylic acids is 1. The molecule has 0 bridgehead atoms. The van der Waals surface area contributed by atoms with Gasteiger partial charge in [0.15, 0.2) is 0 Å². The standard InChI is InChI=1S/C11H12F3N3O3/c12-11(13,14)10(20)16-5-2-7(3-6-16)17-8(9(18)19)1-4-15-17/h1,4,7H,2-3,5-6H2,(H,18,19). The zero-order valence-corrected chi connectivity index (χ0v) is 10.3. The van der Waals surface area contributed by atoms with E-state index >= 15 is 0 Å². The molecule has 1 aromatic heterocycles. The topological polar surface area (TPSA) is 75.4 Å². The van der Waals surface area contributed by atoms with Gasteiger partial charge in [0.05, 0.1) is 6.04 Å². The minimum absolute atomic E-state index is 0.00871. The average molecular weight is 291 g/mol. The maximum absolute atomic E-state index is 12.3. The summed E-state index contributed by atoms with van der Waals surface area (Å²) in [4.78, 5) is 22.8. The van der Waals surface area contributed by atoms with Gasteiger partial charge >= 0.3 is 18.1 Å². The van der Waals surface area contributed by atoms with Crippen LogP contribution >= 0.6 is 0 Å². The number of hydrogen-bond acceptors (Lipinski definition) is 3. The van der Waals surface area contributed by atoms with Gasteiger partial charge in [0.2, 0.25) is 0 Å². The third-order valence-corrected chi connectivity index (χ3v) is 3.23. The quantitative estimate of drug-likeness (QED) is 0.891. The van der Waals surface area contributed by atoms with E-state index in [1.54, 1.807) is 0 Å². The van der Waals surface area contributed by atoms with E-state index in [9.17, 15) is 22.8 Å². The summed E-state index contributed by atoms with van der Waals surface area (Å²) in [5.41, 5.74) is -0.00871. The molecule has 2 rings (SSSR count). The van der Waals surface area contributed by atoms with Gasteiger partial charge in [-0.3, -0.25) is 9.48 Å². The van der Waals surface area contributed by atoms with Crippen LogP contribution in [-0.4, -0.2) is 50.9 Å². The normalized spacial score (nSPS) is 17.2. The van der Waals surface area contributed by atoms with Gasteiger partial charge in [0.25, 0.3) is 0 Å². The van der Waals surface area contributed by atoms with Crippen LogP contribution in [0.4, 0.5) is 13.2 Å². The molecule has 0 aliphatic carbocycles. The van der Waals surface area contributed by atoms with Crippen LogP contribution in [0, 0.1) is 0 Å². The predicted molar refractivity (Wildman–Crippen MR) is 60.1 cm³/mol. The van der Waals surface area contributed by atoms with Crippen molar-refractivity contribution in [1.82, 2.24) is 14.7 Å². The maximum Gasteiger partial charge on any atom is 0.471 e. The van der Waals surface area contributed by atoms with Crippen LogP contribution in [0.2, 0.25) is 0 Å². The number of amides is 1. The van der Waals surface area contributed by atoms with Crippen molar-refractivity contribution in [3.8, 4) is 0 Å². The molecule has 0 unspecified atom stereocenters. The number of hydrogen-bond donors (Lipinski definition) is 1. The number of nitrogens with zero attached hydrogens (tertiary/aromatic N) is 3. The van der Waals surface area contributed by atoms with Crippen molar-refractivity contribution in [1.29, 1.82) is 0 Å². The molecule has 0 aromatic carbocycles. The number of likely N-dealkylation sites (tertiary alicyclic amines) is 1. The first-order valence-corrected chi connectivity index (χ1v) is 5.93. The number of aromatic nitrogens is 2. The van der Waals surface area contributed by atoms with E-state index in [-0.39, 0.29) is 37.7 Å². The number of rotatable bonds is 2. The minimum Gasteiger partial charge on any atom is -0.477 e. The van der Waals surface area contributed by atoms with E-state index in [0.717, 1.165) is 4.90 Å². The number of halogens is 3. The number of carboxylic acid groups (broad SMARTS) is 1. The summed E-state index contributed by atoms with van der Waals surface area (Å²) >= 11 is 0. The summed E-state index contributed by atoms with van der Waals surface area (Å²) in [5.74, 6) is -2.99. The van der Waals surface area contributed by atoms with Gasteiger partial charge in [-0.05, 0) is 18.9 Å². The van der Waals surface area contributed by atoms with Crippen molar-refractivity contribution in [2.45, 2.75) is 25.1 Å². The van der Waals surface area contributed by atoms with E-state index in [1.165, 1.54) is 16.9 Å². The van der Waals surface area contributed by atoms with Crippen molar-refractivity contribution in [3.63, 3.8) is 0 Å². The van der Waals surface area contributed by atoms with Crippen molar-refractivity contribution in [2.24, 2.45) is 0 Å². The van der Waals surface area contributed by atoms with Crippen molar-refractivity contribution in [2.75, 3.05) is 13.1 Å². The Morgan fingerprint density at radius 1 is 1.30 bits per heavy atom. The Labute approximate surface area is 111 Å². The molecule has 0 spiro atoms. The zero-order valence-electron chi connectivity index (χ0n) is 10.3. The highest BCUT2D eigenvalue weighted by Crippen LogP contribution is 2.26. The molecule has 6 nitrogen and oxygen atoms in total. The number of piperidine rings is 1. The van der Waals surface area contributed by atoms with Crippen LogP contribution in [0.15, 0.2) is 12.3 Å². The molecule has 1 aliphatic heterocycles.